The molecule has 1 fully saturated rings. The van der Waals surface area contributed by atoms with Gasteiger partial charge >= 0.3 is 5.69 Å². The Morgan fingerprint density at radius 3 is 2.95 bits per heavy atom. The molecule has 1 aromatic rings. The van der Waals surface area contributed by atoms with Crippen molar-refractivity contribution in [2.75, 3.05) is 44.4 Å². The molecule has 8 nitrogen and oxygen atoms in total. The predicted molar refractivity (Wildman–Crippen MR) is 77.2 cm³/mol. The summed E-state index contributed by atoms with van der Waals surface area (Å²) in [6.45, 7) is 1.65. The third-order valence-electron chi connectivity index (χ3n) is 3.40. The van der Waals surface area contributed by atoms with Crippen molar-refractivity contribution in [2.45, 2.75) is 18.9 Å². The highest BCUT2D eigenvalue weighted by atomic mass is 16.6. The number of hydrogen-bond acceptors (Lipinski definition) is 7. The Balaban J connectivity index is 2.36. The molecule has 0 amide bonds. The molecule has 0 radical (unpaired) electrons. The molecule has 1 unspecified atom stereocenters. The SMILES string of the molecule is CNc1ncc([N+](=O)[O-])c(N2CCCC2CN(C)C)n1. The fraction of sp³-hybridized carbons (Fsp3) is 0.667. The molecule has 1 atom stereocenters. The summed E-state index contributed by atoms with van der Waals surface area (Å²) in [4.78, 5) is 23.1. The molecule has 0 saturated carbocycles. The lowest BCUT2D eigenvalue weighted by molar-refractivity contribution is -0.384. The monoisotopic (exact) mass is 280 g/mol. The number of nitrogens with one attached hydrogen (secondary N) is 1. The largest absolute Gasteiger partial charge is 0.357 e. The van der Waals surface area contributed by atoms with Crippen LogP contribution < -0.4 is 10.2 Å². The second-order valence-electron chi connectivity index (χ2n) is 5.16. The maximum Gasteiger partial charge on any atom is 0.329 e. The normalized spacial score (nSPS) is 18.6. The zero-order valence-electron chi connectivity index (χ0n) is 12.0. The topological polar surface area (TPSA) is 87.4 Å². The Kier molecular flexibility index (Phi) is 4.33. The van der Waals surface area contributed by atoms with Crippen LogP contribution in [-0.4, -0.2) is 60.1 Å². The highest BCUT2D eigenvalue weighted by Gasteiger charge is 2.31. The van der Waals surface area contributed by atoms with Crippen LogP contribution in [0.15, 0.2) is 6.20 Å². The van der Waals surface area contributed by atoms with E-state index in [1.807, 2.05) is 19.0 Å². The molecule has 1 aliphatic rings. The third-order valence-corrected chi connectivity index (χ3v) is 3.40. The second-order valence-corrected chi connectivity index (χ2v) is 5.16. The van der Waals surface area contributed by atoms with Crippen molar-refractivity contribution in [2.24, 2.45) is 0 Å². The Hall–Kier alpha value is -1.96. The van der Waals surface area contributed by atoms with Gasteiger partial charge in [-0.25, -0.2) is 4.98 Å². The quantitative estimate of drug-likeness (QED) is 0.634. The van der Waals surface area contributed by atoms with Gasteiger partial charge in [-0.3, -0.25) is 10.1 Å². The van der Waals surface area contributed by atoms with E-state index in [2.05, 4.69) is 20.2 Å². The minimum atomic E-state index is -0.417. The van der Waals surface area contributed by atoms with E-state index in [4.69, 9.17) is 0 Å². The van der Waals surface area contributed by atoms with Crippen LogP contribution >= 0.6 is 0 Å². The molecule has 110 valence electrons. The van der Waals surface area contributed by atoms with Crippen LogP contribution in [0.2, 0.25) is 0 Å². The number of anilines is 2. The standard InChI is InChI=1S/C12H20N6O2/c1-13-12-14-7-10(18(19)20)11(15-12)17-6-4-5-9(17)8-16(2)3/h7,9H,4-6,8H2,1-3H3,(H,13,14,15). The van der Waals surface area contributed by atoms with Crippen LogP contribution in [-0.2, 0) is 0 Å². The van der Waals surface area contributed by atoms with E-state index in [1.54, 1.807) is 7.05 Å². The van der Waals surface area contributed by atoms with Crippen molar-refractivity contribution in [1.29, 1.82) is 0 Å². The average Bonchev–Trinajstić information content (AvgIpc) is 2.85. The van der Waals surface area contributed by atoms with Gasteiger partial charge in [0.05, 0.1) is 4.92 Å². The van der Waals surface area contributed by atoms with Crippen LogP contribution in [0.25, 0.3) is 0 Å². The molecule has 2 rings (SSSR count). The van der Waals surface area contributed by atoms with Gasteiger partial charge in [0.1, 0.15) is 6.20 Å². The summed E-state index contributed by atoms with van der Waals surface area (Å²) in [5.74, 6) is 0.819. The van der Waals surface area contributed by atoms with Gasteiger partial charge in [-0.05, 0) is 26.9 Å². The lowest BCUT2D eigenvalue weighted by Gasteiger charge is -2.27. The molecule has 0 aliphatic carbocycles. The molecule has 1 saturated heterocycles. The maximum atomic E-state index is 11.2. The van der Waals surface area contributed by atoms with E-state index in [9.17, 15) is 10.1 Å². The van der Waals surface area contributed by atoms with Crippen molar-refractivity contribution in [1.82, 2.24) is 14.9 Å². The van der Waals surface area contributed by atoms with Crippen molar-refractivity contribution >= 4 is 17.5 Å². The zero-order chi connectivity index (χ0) is 14.7. The number of nitro groups is 1. The Labute approximate surface area is 118 Å². The number of aromatic nitrogens is 2. The molecule has 20 heavy (non-hydrogen) atoms. The molecule has 1 N–H and O–H groups in total. The molecule has 0 aromatic carbocycles. The van der Waals surface area contributed by atoms with Crippen LogP contribution in [0.5, 0.6) is 0 Å². The summed E-state index contributed by atoms with van der Waals surface area (Å²) >= 11 is 0. The average molecular weight is 280 g/mol. The van der Waals surface area contributed by atoms with Gasteiger partial charge in [0.15, 0.2) is 0 Å². The van der Waals surface area contributed by atoms with Gasteiger partial charge < -0.3 is 15.1 Å². The first-order chi connectivity index (χ1) is 9.52. The Bertz CT molecular complexity index is 493. The fourth-order valence-corrected chi connectivity index (χ4v) is 2.55. The van der Waals surface area contributed by atoms with Crippen molar-refractivity contribution in [3.05, 3.63) is 16.3 Å². The van der Waals surface area contributed by atoms with E-state index in [0.29, 0.717) is 11.8 Å². The van der Waals surface area contributed by atoms with E-state index in [1.165, 1.54) is 6.20 Å². The van der Waals surface area contributed by atoms with Crippen LogP contribution in [0.1, 0.15) is 12.8 Å². The Morgan fingerprint density at radius 1 is 1.60 bits per heavy atom. The first-order valence-electron chi connectivity index (χ1n) is 6.63. The molecule has 0 bridgehead atoms. The van der Waals surface area contributed by atoms with Crippen LogP contribution in [0.4, 0.5) is 17.5 Å². The molecular weight excluding hydrogens is 260 g/mol. The highest BCUT2D eigenvalue weighted by Crippen LogP contribution is 2.32. The summed E-state index contributed by atoms with van der Waals surface area (Å²) < 4.78 is 0. The molecule has 2 heterocycles. The van der Waals surface area contributed by atoms with Crippen LogP contribution in [0, 0.1) is 10.1 Å². The first-order valence-corrected chi connectivity index (χ1v) is 6.63. The fourth-order valence-electron chi connectivity index (χ4n) is 2.55. The number of rotatable bonds is 5. The summed E-state index contributed by atoms with van der Waals surface area (Å²) in [6.07, 6.45) is 3.32. The number of hydrogen-bond donors (Lipinski definition) is 1. The summed E-state index contributed by atoms with van der Waals surface area (Å²) in [7, 11) is 5.71. The lowest BCUT2D eigenvalue weighted by Crippen LogP contribution is -2.38. The molecular formula is C12H20N6O2. The third kappa shape index (κ3) is 2.96. The van der Waals surface area contributed by atoms with E-state index >= 15 is 0 Å². The summed E-state index contributed by atoms with van der Waals surface area (Å²) in [5.41, 5.74) is -0.0327. The highest BCUT2D eigenvalue weighted by molar-refractivity contribution is 5.60. The zero-order valence-corrected chi connectivity index (χ0v) is 12.0. The van der Waals surface area contributed by atoms with Crippen molar-refractivity contribution in [3.8, 4) is 0 Å². The molecule has 0 spiro atoms. The molecule has 8 heteroatoms. The van der Waals surface area contributed by atoms with Gasteiger partial charge in [-0.15, -0.1) is 0 Å². The van der Waals surface area contributed by atoms with Crippen LogP contribution in [0.3, 0.4) is 0 Å². The van der Waals surface area contributed by atoms with E-state index in [0.717, 1.165) is 25.9 Å². The van der Waals surface area contributed by atoms with Gasteiger partial charge in [0, 0.05) is 26.2 Å². The van der Waals surface area contributed by atoms with Gasteiger partial charge in [0.2, 0.25) is 11.8 Å². The van der Waals surface area contributed by atoms with E-state index in [-0.39, 0.29) is 11.7 Å². The lowest BCUT2D eigenvalue weighted by atomic mass is 10.2. The summed E-state index contributed by atoms with van der Waals surface area (Å²) in [6, 6.07) is 0.253. The van der Waals surface area contributed by atoms with E-state index < -0.39 is 4.92 Å². The minimum Gasteiger partial charge on any atom is -0.357 e. The number of nitrogens with zero attached hydrogens (tertiary/aromatic N) is 5. The second kappa shape index (κ2) is 6.00. The predicted octanol–water partition coefficient (Wildman–Crippen LogP) is 0.957. The smallest absolute Gasteiger partial charge is 0.329 e. The molecule has 1 aromatic heterocycles. The van der Waals surface area contributed by atoms with Gasteiger partial charge in [-0.2, -0.15) is 4.98 Å². The maximum absolute atomic E-state index is 11.2. The summed E-state index contributed by atoms with van der Waals surface area (Å²) in [5, 5.41) is 14.0. The van der Waals surface area contributed by atoms with Crippen molar-refractivity contribution < 1.29 is 4.92 Å². The first kappa shape index (κ1) is 14.4. The van der Waals surface area contributed by atoms with Gasteiger partial charge in [0.25, 0.3) is 0 Å². The number of likely N-dealkylation sites (N-methyl/N-ethyl adjacent to an activating group) is 1. The minimum absolute atomic E-state index is 0.0327. The Morgan fingerprint density at radius 2 is 2.35 bits per heavy atom. The van der Waals surface area contributed by atoms with Gasteiger partial charge in [-0.1, -0.05) is 0 Å². The molecule has 1 aliphatic heterocycles. The van der Waals surface area contributed by atoms with Crippen molar-refractivity contribution in [3.63, 3.8) is 0 Å².